The molecular weight excluding hydrogens is 377 g/mol. The molecule has 0 bridgehead atoms. The molecule has 1 aliphatic heterocycles. The first-order valence-corrected chi connectivity index (χ1v) is 9.78. The molecule has 1 N–H and O–H groups in total. The molecule has 0 atom stereocenters. The van der Waals surface area contributed by atoms with Gasteiger partial charge in [0.2, 0.25) is 5.91 Å². The predicted octanol–water partition coefficient (Wildman–Crippen LogP) is 4.64. The molecule has 0 unspecified atom stereocenters. The van der Waals surface area contributed by atoms with E-state index in [1.165, 1.54) is 23.5 Å². The Labute approximate surface area is 165 Å². The molecule has 4 rings (SSSR count). The van der Waals surface area contributed by atoms with Crippen molar-refractivity contribution in [2.24, 2.45) is 0 Å². The number of benzene rings is 2. The van der Waals surface area contributed by atoms with Crippen molar-refractivity contribution in [3.8, 4) is 11.3 Å². The molecule has 0 saturated carbocycles. The highest BCUT2D eigenvalue weighted by atomic mass is 32.1. The number of rotatable bonds is 4. The summed E-state index contributed by atoms with van der Waals surface area (Å²) in [5.41, 5.74) is 2.72. The summed E-state index contributed by atoms with van der Waals surface area (Å²) in [5.74, 6) is -0.508. The summed E-state index contributed by atoms with van der Waals surface area (Å²) >= 11 is 1.36. The third kappa shape index (κ3) is 3.66. The van der Waals surface area contributed by atoms with Gasteiger partial charge in [0, 0.05) is 34.7 Å². The Morgan fingerprint density at radius 3 is 2.71 bits per heavy atom. The predicted molar refractivity (Wildman–Crippen MR) is 108 cm³/mol. The van der Waals surface area contributed by atoms with Crippen molar-refractivity contribution in [3.05, 3.63) is 64.8 Å². The lowest BCUT2D eigenvalue weighted by atomic mass is 10.1. The number of anilines is 2. The maximum Gasteiger partial charge on any atom is 0.257 e. The van der Waals surface area contributed by atoms with Crippen molar-refractivity contribution in [3.63, 3.8) is 0 Å². The topological polar surface area (TPSA) is 62.3 Å². The van der Waals surface area contributed by atoms with E-state index in [-0.39, 0.29) is 17.6 Å². The van der Waals surface area contributed by atoms with Gasteiger partial charge in [0.05, 0.1) is 5.69 Å². The number of amides is 2. The molecule has 2 heterocycles. The summed E-state index contributed by atoms with van der Waals surface area (Å²) in [6.45, 7) is 2.59. The number of carbonyl (C=O) groups excluding carboxylic acids is 2. The van der Waals surface area contributed by atoms with Crippen LogP contribution in [0.25, 0.3) is 11.3 Å². The average molecular weight is 395 g/mol. The standard InChI is InChI=1S/C21H18FN3O2S/c1-13-19(14-7-9-16(22)10-8-14)23-21(28-13)24-20(27)15-4-2-5-17(12-15)25-11-3-6-18(25)26/h2,4-5,7-10,12H,3,6,11H2,1H3,(H,23,24,27). The highest BCUT2D eigenvalue weighted by Gasteiger charge is 2.22. The van der Waals surface area contributed by atoms with Crippen molar-refractivity contribution >= 4 is 34.0 Å². The molecule has 1 aromatic heterocycles. The normalized spacial score (nSPS) is 13.8. The first-order chi connectivity index (χ1) is 13.5. The molecule has 5 nitrogen and oxygen atoms in total. The van der Waals surface area contributed by atoms with E-state index in [0.717, 1.165) is 28.2 Å². The zero-order valence-electron chi connectivity index (χ0n) is 15.2. The van der Waals surface area contributed by atoms with Crippen LogP contribution in [-0.2, 0) is 4.79 Å². The Kier molecular flexibility index (Phi) is 4.92. The summed E-state index contributed by atoms with van der Waals surface area (Å²) in [4.78, 5) is 31.7. The fourth-order valence-corrected chi connectivity index (χ4v) is 4.06. The Morgan fingerprint density at radius 1 is 1.21 bits per heavy atom. The minimum absolute atomic E-state index is 0.0806. The monoisotopic (exact) mass is 395 g/mol. The van der Waals surface area contributed by atoms with Gasteiger partial charge in [-0.3, -0.25) is 14.9 Å². The SMILES string of the molecule is Cc1sc(NC(=O)c2cccc(N3CCCC3=O)c2)nc1-c1ccc(F)cc1. The molecule has 3 aromatic rings. The third-order valence-corrected chi connectivity index (χ3v) is 5.51. The minimum atomic E-state index is -0.304. The van der Waals surface area contributed by atoms with E-state index >= 15 is 0 Å². The highest BCUT2D eigenvalue weighted by molar-refractivity contribution is 7.16. The average Bonchev–Trinajstić information content (AvgIpc) is 3.28. The Hall–Kier alpha value is -3.06. The van der Waals surface area contributed by atoms with Crippen molar-refractivity contribution in [1.82, 2.24) is 4.98 Å². The second kappa shape index (κ2) is 7.52. The molecule has 2 aromatic carbocycles. The lowest BCUT2D eigenvalue weighted by molar-refractivity contribution is -0.117. The molecule has 2 amide bonds. The number of nitrogens with one attached hydrogen (secondary N) is 1. The molecule has 0 spiro atoms. The van der Waals surface area contributed by atoms with Crippen LogP contribution in [0.3, 0.4) is 0 Å². The van der Waals surface area contributed by atoms with Gasteiger partial charge in [-0.05, 0) is 55.8 Å². The summed E-state index contributed by atoms with van der Waals surface area (Å²) in [7, 11) is 0. The van der Waals surface area contributed by atoms with Gasteiger partial charge in [0.1, 0.15) is 5.82 Å². The van der Waals surface area contributed by atoms with Gasteiger partial charge in [-0.1, -0.05) is 6.07 Å². The van der Waals surface area contributed by atoms with Gasteiger partial charge in [-0.15, -0.1) is 11.3 Å². The van der Waals surface area contributed by atoms with Crippen LogP contribution in [0.5, 0.6) is 0 Å². The Morgan fingerprint density at radius 2 is 2.00 bits per heavy atom. The van der Waals surface area contributed by atoms with E-state index in [4.69, 9.17) is 0 Å². The zero-order valence-corrected chi connectivity index (χ0v) is 16.1. The maximum atomic E-state index is 13.1. The molecule has 1 saturated heterocycles. The van der Waals surface area contributed by atoms with Crippen LogP contribution in [0, 0.1) is 12.7 Å². The second-order valence-corrected chi connectivity index (χ2v) is 7.79. The van der Waals surface area contributed by atoms with E-state index < -0.39 is 0 Å². The van der Waals surface area contributed by atoms with Crippen LogP contribution in [0.2, 0.25) is 0 Å². The van der Waals surface area contributed by atoms with E-state index in [0.29, 0.717) is 23.7 Å². The number of hydrogen-bond donors (Lipinski definition) is 1. The summed E-state index contributed by atoms with van der Waals surface area (Å²) in [6.07, 6.45) is 1.38. The lowest BCUT2D eigenvalue weighted by Gasteiger charge is -2.16. The van der Waals surface area contributed by atoms with Crippen molar-refractivity contribution in [2.45, 2.75) is 19.8 Å². The molecule has 142 valence electrons. The van der Waals surface area contributed by atoms with Crippen molar-refractivity contribution in [1.29, 1.82) is 0 Å². The fraction of sp³-hybridized carbons (Fsp3) is 0.190. The van der Waals surface area contributed by atoms with E-state index in [1.54, 1.807) is 35.2 Å². The van der Waals surface area contributed by atoms with E-state index in [9.17, 15) is 14.0 Å². The van der Waals surface area contributed by atoms with Gasteiger partial charge in [0.25, 0.3) is 5.91 Å². The van der Waals surface area contributed by atoms with Crippen molar-refractivity contribution < 1.29 is 14.0 Å². The second-order valence-electron chi connectivity index (χ2n) is 6.58. The number of aromatic nitrogens is 1. The number of carbonyl (C=O) groups is 2. The summed E-state index contributed by atoms with van der Waals surface area (Å²) in [5, 5.41) is 3.30. The van der Waals surface area contributed by atoms with E-state index in [1.807, 2.05) is 13.0 Å². The number of hydrogen-bond acceptors (Lipinski definition) is 4. The Balaban J connectivity index is 1.53. The minimum Gasteiger partial charge on any atom is -0.312 e. The first kappa shape index (κ1) is 18.3. The number of aryl methyl sites for hydroxylation is 1. The molecule has 0 radical (unpaired) electrons. The summed E-state index contributed by atoms with van der Waals surface area (Å²) in [6, 6.07) is 13.1. The van der Waals surface area contributed by atoms with Gasteiger partial charge < -0.3 is 4.90 Å². The Bertz CT molecular complexity index is 1050. The van der Waals surface area contributed by atoms with Crippen LogP contribution in [0.4, 0.5) is 15.2 Å². The quantitative estimate of drug-likeness (QED) is 0.700. The fourth-order valence-electron chi connectivity index (χ4n) is 3.23. The van der Waals surface area contributed by atoms with Crippen molar-refractivity contribution in [2.75, 3.05) is 16.8 Å². The number of thiazole rings is 1. The van der Waals surface area contributed by atoms with Gasteiger partial charge in [-0.2, -0.15) is 0 Å². The third-order valence-electron chi connectivity index (χ3n) is 4.63. The molecule has 7 heteroatoms. The number of nitrogens with zero attached hydrogens (tertiary/aromatic N) is 2. The van der Waals surface area contributed by atoms with Crippen LogP contribution in [0.15, 0.2) is 48.5 Å². The zero-order chi connectivity index (χ0) is 19.7. The molecule has 28 heavy (non-hydrogen) atoms. The highest BCUT2D eigenvalue weighted by Crippen LogP contribution is 2.31. The molecular formula is C21H18FN3O2S. The van der Waals surface area contributed by atoms with Crippen LogP contribution in [0.1, 0.15) is 28.1 Å². The number of halogens is 1. The lowest BCUT2D eigenvalue weighted by Crippen LogP contribution is -2.24. The van der Waals surface area contributed by atoms with Gasteiger partial charge in [0.15, 0.2) is 5.13 Å². The smallest absolute Gasteiger partial charge is 0.257 e. The van der Waals surface area contributed by atoms with Gasteiger partial charge in [-0.25, -0.2) is 9.37 Å². The molecule has 0 aliphatic carbocycles. The van der Waals surface area contributed by atoms with Crippen LogP contribution in [-0.4, -0.2) is 23.3 Å². The van der Waals surface area contributed by atoms with E-state index in [2.05, 4.69) is 10.3 Å². The molecule has 1 fully saturated rings. The maximum absolute atomic E-state index is 13.1. The largest absolute Gasteiger partial charge is 0.312 e. The molecule has 1 aliphatic rings. The van der Waals surface area contributed by atoms with Crippen LogP contribution < -0.4 is 10.2 Å². The van der Waals surface area contributed by atoms with Crippen LogP contribution >= 0.6 is 11.3 Å². The summed E-state index contributed by atoms with van der Waals surface area (Å²) < 4.78 is 13.1. The first-order valence-electron chi connectivity index (χ1n) is 8.96. The van der Waals surface area contributed by atoms with Gasteiger partial charge >= 0.3 is 0 Å².